The topological polar surface area (TPSA) is 38.0 Å². The van der Waals surface area contributed by atoms with E-state index in [1.165, 1.54) is 51.5 Å². The van der Waals surface area contributed by atoms with Gasteiger partial charge in [0.2, 0.25) is 0 Å². The predicted molar refractivity (Wildman–Crippen MR) is 64.8 cm³/mol. The second-order valence-electron chi connectivity index (χ2n) is 5.67. The molecule has 2 aliphatic rings. The van der Waals surface area contributed by atoms with Crippen molar-refractivity contribution in [2.24, 2.45) is 17.1 Å². The number of unbranched alkanes of at least 4 members (excludes halogenated alkanes) is 1. The average Bonchev–Trinajstić information content (AvgIpc) is 3.04. The minimum atomic E-state index is 0.375. The predicted octanol–water partition coefficient (Wildman–Crippen LogP) is 2.28. The van der Waals surface area contributed by atoms with E-state index < -0.39 is 0 Å². The van der Waals surface area contributed by atoms with Gasteiger partial charge in [-0.2, -0.15) is 0 Å². The van der Waals surface area contributed by atoms with Crippen molar-refractivity contribution in [3.8, 4) is 0 Å². The highest BCUT2D eigenvalue weighted by atomic mass is 14.9. The Kier molecular flexibility index (Phi) is 3.68. The Labute approximate surface area is 94.0 Å². The molecule has 1 unspecified atom stereocenters. The van der Waals surface area contributed by atoms with Crippen molar-refractivity contribution < 1.29 is 0 Å². The van der Waals surface area contributed by atoms with Gasteiger partial charge in [0, 0.05) is 19.1 Å². The molecule has 2 heteroatoms. The van der Waals surface area contributed by atoms with E-state index in [0.29, 0.717) is 6.04 Å². The van der Waals surface area contributed by atoms with Gasteiger partial charge in [-0.1, -0.05) is 19.8 Å². The molecule has 0 radical (unpaired) electrons. The second kappa shape index (κ2) is 4.84. The molecule has 0 aliphatic heterocycles. The van der Waals surface area contributed by atoms with E-state index in [1.807, 2.05) is 0 Å². The molecule has 2 fully saturated rings. The van der Waals surface area contributed by atoms with Crippen LogP contribution in [0, 0.1) is 11.3 Å². The maximum absolute atomic E-state index is 6.04. The lowest BCUT2D eigenvalue weighted by molar-refractivity contribution is 0.391. The van der Waals surface area contributed by atoms with Crippen molar-refractivity contribution in [1.82, 2.24) is 5.32 Å². The fraction of sp³-hybridized carbons (Fsp3) is 1.00. The summed E-state index contributed by atoms with van der Waals surface area (Å²) in [5.41, 5.74) is 6.77. The third-order valence-electron chi connectivity index (χ3n) is 4.15. The zero-order valence-electron chi connectivity index (χ0n) is 10.1. The summed E-state index contributed by atoms with van der Waals surface area (Å²) >= 11 is 0. The third kappa shape index (κ3) is 3.18. The molecule has 0 amide bonds. The van der Waals surface area contributed by atoms with Gasteiger partial charge in [0.15, 0.2) is 0 Å². The molecule has 15 heavy (non-hydrogen) atoms. The van der Waals surface area contributed by atoms with Crippen LogP contribution in [0.1, 0.15) is 51.9 Å². The van der Waals surface area contributed by atoms with Crippen molar-refractivity contribution in [2.75, 3.05) is 13.1 Å². The summed E-state index contributed by atoms with van der Waals surface area (Å²) in [5.74, 6) is 1.07. The lowest BCUT2D eigenvalue weighted by atomic mass is 10.0. The van der Waals surface area contributed by atoms with Crippen molar-refractivity contribution in [3.05, 3.63) is 0 Å². The third-order valence-corrected chi connectivity index (χ3v) is 4.15. The van der Waals surface area contributed by atoms with Gasteiger partial charge >= 0.3 is 0 Å². The molecule has 2 nitrogen and oxygen atoms in total. The Morgan fingerprint density at radius 3 is 2.67 bits per heavy atom. The normalized spacial score (nSPS) is 25.2. The molecule has 0 aromatic rings. The zero-order chi connectivity index (χ0) is 10.7. The van der Waals surface area contributed by atoms with Crippen molar-refractivity contribution in [3.63, 3.8) is 0 Å². The van der Waals surface area contributed by atoms with Gasteiger partial charge in [0.05, 0.1) is 0 Å². The molecule has 0 aromatic heterocycles. The van der Waals surface area contributed by atoms with Crippen LogP contribution in [0.4, 0.5) is 0 Å². The summed E-state index contributed by atoms with van der Waals surface area (Å²) in [6.07, 6.45) is 9.63. The van der Waals surface area contributed by atoms with Crippen molar-refractivity contribution in [2.45, 2.75) is 57.9 Å². The van der Waals surface area contributed by atoms with Gasteiger partial charge in [0.1, 0.15) is 0 Å². The van der Waals surface area contributed by atoms with E-state index in [1.54, 1.807) is 0 Å². The molecule has 2 rings (SSSR count). The summed E-state index contributed by atoms with van der Waals surface area (Å²) in [6.45, 7) is 4.48. The SMILES string of the molecule is CCCCC(N)CNCC1(C2CC2)CC1. The van der Waals surface area contributed by atoms with Gasteiger partial charge in [-0.15, -0.1) is 0 Å². The van der Waals surface area contributed by atoms with E-state index in [9.17, 15) is 0 Å². The van der Waals surface area contributed by atoms with Crippen molar-refractivity contribution >= 4 is 0 Å². The molecule has 2 aliphatic carbocycles. The van der Waals surface area contributed by atoms with E-state index in [0.717, 1.165) is 17.9 Å². The highest BCUT2D eigenvalue weighted by molar-refractivity contribution is 5.05. The Morgan fingerprint density at radius 1 is 1.40 bits per heavy atom. The first-order chi connectivity index (χ1) is 7.27. The quantitative estimate of drug-likeness (QED) is 0.645. The van der Waals surface area contributed by atoms with Gasteiger partial charge in [-0.05, 0) is 43.4 Å². The van der Waals surface area contributed by atoms with Gasteiger partial charge < -0.3 is 11.1 Å². The molecule has 0 saturated heterocycles. The first-order valence-electron chi connectivity index (χ1n) is 6.73. The highest BCUT2D eigenvalue weighted by Crippen LogP contribution is 2.60. The minimum absolute atomic E-state index is 0.375. The van der Waals surface area contributed by atoms with Crippen LogP contribution >= 0.6 is 0 Å². The number of rotatable bonds is 8. The van der Waals surface area contributed by atoms with Crippen LogP contribution < -0.4 is 11.1 Å². The molecular formula is C13H26N2. The molecule has 0 aromatic carbocycles. The number of nitrogens with one attached hydrogen (secondary N) is 1. The van der Waals surface area contributed by atoms with Crippen molar-refractivity contribution in [1.29, 1.82) is 0 Å². The Balaban J connectivity index is 1.54. The van der Waals surface area contributed by atoms with Crippen LogP contribution in [-0.4, -0.2) is 19.1 Å². The number of hydrogen-bond acceptors (Lipinski definition) is 2. The largest absolute Gasteiger partial charge is 0.327 e. The molecule has 0 heterocycles. The average molecular weight is 210 g/mol. The van der Waals surface area contributed by atoms with E-state index in [4.69, 9.17) is 5.73 Å². The molecule has 0 spiro atoms. The van der Waals surface area contributed by atoms with E-state index in [-0.39, 0.29) is 0 Å². The van der Waals surface area contributed by atoms with Gasteiger partial charge in [-0.3, -0.25) is 0 Å². The van der Waals surface area contributed by atoms with E-state index >= 15 is 0 Å². The first kappa shape index (κ1) is 11.4. The summed E-state index contributed by atoms with van der Waals surface area (Å²) < 4.78 is 0. The Hall–Kier alpha value is -0.0800. The van der Waals surface area contributed by atoms with Crippen LogP contribution in [-0.2, 0) is 0 Å². The monoisotopic (exact) mass is 210 g/mol. The fourth-order valence-corrected chi connectivity index (χ4v) is 2.66. The van der Waals surface area contributed by atoms with Crippen LogP contribution in [0.5, 0.6) is 0 Å². The summed E-state index contributed by atoms with van der Waals surface area (Å²) in [4.78, 5) is 0. The van der Waals surface area contributed by atoms with Crippen LogP contribution in [0.2, 0.25) is 0 Å². The molecule has 88 valence electrons. The molecule has 2 saturated carbocycles. The Bertz CT molecular complexity index is 195. The fourth-order valence-electron chi connectivity index (χ4n) is 2.66. The zero-order valence-corrected chi connectivity index (χ0v) is 10.1. The minimum Gasteiger partial charge on any atom is -0.327 e. The lowest BCUT2D eigenvalue weighted by Gasteiger charge is -2.17. The maximum atomic E-state index is 6.04. The van der Waals surface area contributed by atoms with E-state index in [2.05, 4.69) is 12.2 Å². The Morgan fingerprint density at radius 2 is 2.13 bits per heavy atom. The molecule has 1 atom stereocenters. The summed E-state index contributed by atoms with van der Waals surface area (Å²) in [7, 11) is 0. The van der Waals surface area contributed by atoms with Crippen LogP contribution in [0.15, 0.2) is 0 Å². The van der Waals surface area contributed by atoms with Gasteiger partial charge in [-0.25, -0.2) is 0 Å². The molecular weight excluding hydrogens is 184 g/mol. The van der Waals surface area contributed by atoms with Crippen LogP contribution in [0.25, 0.3) is 0 Å². The summed E-state index contributed by atoms with van der Waals surface area (Å²) in [6, 6.07) is 0.375. The maximum Gasteiger partial charge on any atom is 0.0165 e. The van der Waals surface area contributed by atoms with Crippen LogP contribution in [0.3, 0.4) is 0 Å². The second-order valence-corrected chi connectivity index (χ2v) is 5.67. The smallest absolute Gasteiger partial charge is 0.0165 e. The lowest BCUT2D eigenvalue weighted by Crippen LogP contribution is -2.37. The standard InChI is InChI=1S/C13H26N2/c1-2-3-4-12(14)9-15-10-13(7-8-13)11-5-6-11/h11-12,15H,2-10,14H2,1H3. The first-order valence-corrected chi connectivity index (χ1v) is 6.73. The molecule has 3 N–H and O–H groups in total. The molecule has 0 bridgehead atoms. The van der Waals surface area contributed by atoms with Gasteiger partial charge in [0.25, 0.3) is 0 Å². The summed E-state index contributed by atoms with van der Waals surface area (Å²) in [5, 5.41) is 3.59. The highest BCUT2D eigenvalue weighted by Gasteiger charge is 2.53. The number of hydrogen-bond donors (Lipinski definition) is 2. The number of nitrogens with two attached hydrogens (primary N) is 1.